The summed E-state index contributed by atoms with van der Waals surface area (Å²) in [4.78, 5) is 13.9. The summed E-state index contributed by atoms with van der Waals surface area (Å²) in [5.41, 5.74) is 0.384. The number of aromatic nitrogens is 1. The fraction of sp³-hybridized carbons (Fsp3) is 0.0833. The second kappa shape index (κ2) is 5.25. The molecule has 0 amide bonds. The van der Waals surface area contributed by atoms with Crippen molar-refractivity contribution < 1.29 is 4.74 Å². The summed E-state index contributed by atoms with van der Waals surface area (Å²) in [6.45, 7) is 0.158. The van der Waals surface area contributed by atoms with E-state index in [1.807, 2.05) is 0 Å². The van der Waals surface area contributed by atoms with Crippen LogP contribution in [0.1, 0.15) is 5.56 Å². The summed E-state index contributed by atoms with van der Waals surface area (Å²) in [5, 5.41) is 1.04. The minimum absolute atomic E-state index is 0.158. The largest absolute Gasteiger partial charge is 0.483 e. The predicted octanol–water partition coefficient (Wildman–Crippen LogP) is 3.26. The van der Waals surface area contributed by atoms with Gasteiger partial charge in [-0.15, -0.1) is 0 Å². The van der Waals surface area contributed by atoms with E-state index in [9.17, 15) is 4.79 Å². The minimum Gasteiger partial charge on any atom is -0.483 e. The molecular formula is C12H9Cl2NO2. The fourth-order valence-corrected chi connectivity index (χ4v) is 1.85. The van der Waals surface area contributed by atoms with Gasteiger partial charge >= 0.3 is 0 Å². The zero-order valence-electron chi connectivity index (χ0n) is 8.74. The molecule has 0 saturated carbocycles. The van der Waals surface area contributed by atoms with Gasteiger partial charge in [0.1, 0.15) is 6.61 Å². The molecular weight excluding hydrogens is 261 g/mol. The normalized spacial score (nSPS) is 10.2. The van der Waals surface area contributed by atoms with Crippen molar-refractivity contribution >= 4 is 23.2 Å². The number of nitrogens with one attached hydrogen (secondary N) is 1. The van der Waals surface area contributed by atoms with Crippen molar-refractivity contribution in [3.63, 3.8) is 0 Å². The molecule has 1 aromatic heterocycles. The van der Waals surface area contributed by atoms with E-state index in [0.29, 0.717) is 15.6 Å². The van der Waals surface area contributed by atoms with Gasteiger partial charge in [0, 0.05) is 21.8 Å². The molecule has 0 aliphatic heterocycles. The van der Waals surface area contributed by atoms with Crippen molar-refractivity contribution in [1.29, 1.82) is 0 Å². The molecule has 1 N–H and O–H groups in total. The number of aromatic amines is 1. The smallest absolute Gasteiger partial charge is 0.290 e. The third-order valence-corrected chi connectivity index (χ3v) is 2.92. The lowest BCUT2D eigenvalue weighted by Crippen LogP contribution is -2.10. The van der Waals surface area contributed by atoms with Crippen molar-refractivity contribution in [2.45, 2.75) is 6.61 Å². The zero-order valence-corrected chi connectivity index (χ0v) is 10.3. The molecule has 2 aromatic rings. The first-order chi connectivity index (χ1) is 8.18. The first kappa shape index (κ1) is 12.0. The number of pyridine rings is 1. The molecule has 0 bridgehead atoms. The summed E-state index contributed by atoms with van der Waals surface area (Å²) in [6.07, 6.45) is 1.54. The Morgan fingerprint density at radius 1 is 1.12 bits per heavy atom. The Labute approximate surface area is 108 Å². The SMILES string of the molecule is O=c1[nH]cccc1OCc1c(Cl)cccc1Cl. The predicted molar refractivity (Wildman–Crippen MR) is 67.9 cm³/mol. The average Bonchev–Trinajstić information content (AvgIpc) is 2.30. The van der Waals surface area contributed by atoms with Gasteiger partial charge in [0.15, 0.2) is 5.75 Å². The van der Waals surface area contributed by atoms with Gasteiger partial charge < -0.3 is 9.72 Å². The Morgan fingerprint density at radius 2 is 1.82 bits per heavy atom. The second-order valence-corrected chi connectivity index (χ2v) is 4.17. The number of ether oxygens (including phenoxy) is 1. The van der Waals surface area contributed by atoms with Crippen LogP contribution in [0.25, 0.3) is 0 Å². The fourth-order valence-electron chi connectivity index (χ4n) is 1.34. The van der Waals surface area contributed by atoms with Crippen molar-refractivity contribution in [2.24, 2.45) is 0 Å². The van der Waals surface area contributed by atoms with E-state index >= 15 is 0 Å². The van der Waals surface area contributed by atoms with Crippen LogP contribution in [0.2, 0.25) is 10.0 Å². The van der Waals surface area contributed by atoms with Crippen LogP contribution in [0, 0.1) is 0 Å². The first-order valence-corrected chi connectivity index (χ1v) is 5.67. The monoisotopic (exact) mass is 269 g/mol. The van der Waals surface area contributed by atoms with E-state index in [1.165, 1.54) is 6.20 Å². The number of hydrogen-bond acceptors (Lipinski definition) is 2. The highest BCUT2D eigenvalue weighted by atomic mass is 35.5. The van der Waals surface area contributed by atoms with E-state index in [4.69, 9.17) is 27.9 Å². The average molecular weight is 270 g/mol. The Morgan fingerprint density at radius 3 is 2.47 bits per heavy atom. The van der Waals surface area contributed by atoms with Crippen molar-refractivity contribution in [3.05, 3.63) is 62.5 Å². The van der Waals surface area contributed by atoms with Crippen LogP contribution in [0.4, 0.5) is 0 Å². The number of halogens is 2. The van der Waals surface area contributed by atoms with Crippen molar-refractivity contribution in [3.8, 4) is 5.75 Å². The summed E-state index contributed by atoms with van der Waals surface area (Å²) in [7, 11) is 0. The van der Waals surface area contributed by atoms with Gasteiger partial charge in [0.05, 0.1) is 0 Å². The van der Waals surface area contributed by atoms with Gasteiger partial charge in [-0.1, -0.05) is 29.3 Å². The molecule has 0 aliphatic carbocycles. The van der Waals surface area contributed by atoms with Gasteiger partial charge in [0.25, 0.3) is 5.56 Å². The summed E-state index contributed by atoms with van der Waals surface area (Å²) >= 11 is 12.0. The molecule has 2 rings (SSSR count). The summed E-state index contributed by atoms with van der Waals surface area (Å²) < 4.78 is 5.37. The van der Waals surface area contributed by atoms with Crippen molar-refractivity contribution in [2.75, 3.05) is 0 Å². The van der Waals surface area contributed by atoms with Gasteiger partial charge in [-0.2, -0.15) is 0 Å². The maximum absolute atomic E-state index is 11.4. The van der Waals surface area contributed by atoms with E-state index < -0.39 is 0 Å². The van der Waals surface area contributed by atoms with Crippen LogP contribution in [-0.2, 0) is 6.61 Å². The van der Waals surface area contributed by atoms with Crippen LogP contribution in [0.3, 0.4) is 0 Å². The number of rotatable bonds is 3. The highest BCUT2D eigenvalue weighted by molar-refractivity contribution is 6.35. The Hall–Kier alpha value is -1.45. The standard InChI is InChI=1S/C12H9Cl2NO2/c13-9-3-1-4-10(14)8(9)7-17-11-5-2-6-15-12(11)16/h1-6H,7H2,(H,15,16). The Bertz CT molecular complexity index is 560. The Kier molecular flexibility index (Phi) is 3.71. The minimum atomic E-state index is -0.282. The molecule has 0 aliphatic rings. The summed E-state index contributed by atoms with van der Waals surface area (Å²) in [5.74, 6) is 0.239. The molecule has 0 fully saturated rings. The maximum atomic E-state index is 11.4. The lowest BCUT2D eigenvalue weighted by atomic mass is 10.2. The molecule has 0 atom stereocenters. The second-order valence-electron chi connectivity index (χ2n) is 3.35. The quantitative estimate of drug-likeness (QED) is 0.930. The topological polar surface area (TPSA) is 42.1 Å². The zero-order chi connectivity index (χ0) is 12.3. The lowest BCUT2D eigenvalue weighted by Gasteiger charge is -2.08. The third kappa shape index (κ3) is 2.81. The van der Waals surface area contributed by atoms with E-state index in [1.54, 1.807) is 30.3 Å². The van der Waals surface area contributed by atoms with Gasteiger partial charge in [0.2, 0.25) is 0 Å². The number of benzene rings is 1. The van der Waals surface area contributed by atoms with Crippen LogP contribution >= 0.6 is 23.2 Å². The molecule has 0 unspecified atom stereocenters. The molecule has 1 aromatic carbocycles. The summed E-state index contributed by atoms with van der Waals surface area (Å²) in [6, 6.07) is 8.47. The van der Waals surface area contributed by atoms with E-state index in [2.05, 4.69) is 4.98 Å². The molecule has 1 heterocycles. The van der Waals surface area contributed by atoms with Crippen LogP contribution in [-0.4, -0.2) is 4.98 Å². The van der Waals surface area contributed by atoms with Crippen LogP contribution in [0.15, 0.2) is 41.3 Å². The highest BCUT2D eigenvalue weighted by Gasteiger charge is 2.07. The van der Waals surface area contributed by atoms with Gasteiger partial charge in [-0.25, -0.2) is 0 Å². The molecule has 88 valence electrons. The van der Waals surface area contributed by atoms with Gasteiger partial charge in [-0.05, 0) is 24.3 Å². The number of hydrogen-bond donors (Lipinski definition) is 1. The molecule has 0 saturated heterocycles. The lowest BCUT2D eigenvalue weighted by molar-refractivity contribution is 0.302. The highest BCUT2D eigenvalue weighted by Crippen LogP contribution is 2.25. The van der Waals surface area contributed by atoms with E-state index in [-0.39, 0.29) is 17.9 Å². The maximum Gasteiger partial charge on any atom is 0.290 e. The molecule has 5 heteroatoms. The first-order valence-electron chi connectivity index (χ1n) is 4.92. The number of H-pyrrole nitrogens is 1. The van der Waals surface area contributed by atoms with Crippen LogP contribution in [0.5, 0.6) is 5.75 Å². The molecule has 3 nitrogen and oxygen atoms in total. The van der Waals surface area contributed by atoms with Gasteiger partial charge in [-0.3, -0.25) is 4.79 Å². The van der Waals surface area contributed by atoms with E-state index in [0.717, 1.165) is 0 Å². The van der Waals surface area contributed by atoms with Crippen LogP contribution < -0.4 is 10.3 Å². The molecule has 17 heavy (non-hydrogen) atoms. The molecule has 0 spiro atoms. The van der Waals surface area contributed by atoms with Crippen molar-refractivity contribution in [1.82, 2.24) is 4.98 Å². The Balaban J connectivity index is 2.19. The third-order valence-electron chi connectivity index (χ3n) is 2.22. The molecule has 0 radical (unpaired) electrons.